The topological polar surface area (TPSA) is 62.3 Å². The van der Waals surface area contributed by atoms with Gasteiger partial charge in [0.1, 0.15) is 5.82 Å². The van der Waals surface area contributed by atoms with Gasteiger partial charge < -0.3 is 10.2 Å². The molecule has 5 nitrogen and oxygen atoms in total. The van der Waals surface area contributed by atoms with Gasteiger partial charge in [0.2, 0.25) is 0 Å². The van der Waals surface area contributed by atoms with Gasteiger partial charge in [-0.1, -0.05) is 29.8 Å². The molecule has 2 rings (SSSR count). The number of halogens is 3. The average molecular weight is 365 g/mol. The van der Waals surface area contributed by atoms with E-state index in [2.05, 4.69) is 10.3 Å². The van der Waals surface area contributed by atoms with E-state index >= 15 is 0 Å². The van der Waals surface area contributed by atoms with Crippen LogP contribution in [0.1, 0.15) is 29.7 Å². The minimum atomic E-state index is -4.52. The second-order valence-corrected chi connectivity index (χ2v) is 5.89. The van der Waals surface area contributed by atoms with E-state index in [1.165, 1.54) is 11.9 Å². The van der Waals surface area contributed by atoms with Crippen LogP contribution in [0.5, 0.6) is 0 Å². The smallest absolute Gasteiger partial charge is 0.331 e. The highest BCUT2D eigenvalue weighted by atomic mass is 19.4. The first kappa shape index (κ1) is 19.4. The van der Waals surface area contributed by atoms with E-state index in [0.717, 1.165) is 23.3 Å². The van der Waals surface area contributed by atoms with Crippen molar-refractivity contribution < 1.29 is 22.8 Å². The molecule has 2 aromatic rings. The summed E-state index contributed by atoms with van der Waals surface area (Å²) in [5, 5.41) is 2.21. The van der Waals surface area contributed by atoms with Crippen molar-refractivity contribution in [2.45, 2.75) is 26.1 Å². The summed E-state index contributed by atoms with van der Waals surface area (Å²) in [6, 6.07) is 8.95. The summed E-state index contributed by atoms with van der Waals surface area (Å²) in [5.74, 6) is -1.92. The molecule has 2 amide bonds. The number of amides is 2. The Morgan fingerprint density at radius 2 is 1.73 bits per heavy atom. The number of hydrogen-bond acceptors (Lipinski definition) is 3. The molecule has 26 heavy (non-hydrogen) atoms. The van der Waals surface area contributed by atoms with Gasteiger partial charge in [-0.05, 0) is 31.5 Å². The number of nitrogens with one attached hydrogen (secondary N) is 1. The number of nitrogens with zero attached hydrogens (tertiary/aromatic N) is 2. The summed E-state index contributed by atoms with van der Waals surface area (Å²) in [6.45, 7) is 3.71. The lowest BCUT2D eigenvalue weighted by molar-refractivity contribution is -0.143. The van der Waals surface area contributed by atoms with Crippen molar-refractivity contribution in [1.29, 1.82) is 0 Å². The van der Waals surface area contributed by atoms with E-state index in [1.54, 1.807) is 6.92 Å². The molecular formula is C18H18F3N3O2. The Bertz CT molecular complexity index is 787. The monoisotopic (exact) mass is 365 g/mol. The molecule has 0 fully saturated rings. The first-order valence-corrected chi connectivity index (χ1v) is 7.77. The highest BCUT2D eigenvalue weighted by Crippen LogP contribution is 2.28. The number of aryl methyl sites for hydroxylation is 1. The normalized spacial score (nSPS) is 12.4. The number of carbonyl (C=O) groups excluding carboxylic acids is 2. The fourth-order valence-corrected chi connectivity index (χ4v) is 2.21. The predicted octanol–water partition coefficient (Wildman–Crippen LogP) is 3.57. The first-order valence-electron chi connectivity index (χ1n) is 7.77. The van der Waals surface area contributed by atoms with Crippen LogP contribution in [0.2, 0.25) is 0 Å². The van der Waals surface area contributed by atoms with E-state index in [1.807, 2.05) is 31.2 Å². The van der Waals surface area contributed by atoms with Crippen LogP contribution in [0, 0.1) is 6.92 Å². The predicted molar refractivity (Wildman–Crippen MR) is 90.2 cm³/mol. The largest absolute Gasteiger partial charge is 0.417 e. The molecule has 1 N–H and O–H groups in total. The van der Waals surface area contributed by atoms with Gasteiger partial charge in [-0.25, -0.2) is 4.98 Å². The van der Waals surface area contributed by atoms with Crippen LogP contribution >= 0.6 is 0 Å². The standard InChI is InChI=1S/C18H18F3N3O2/c1-11-4-6-13(7-5-11)12(2)24(3)17(26)16(25)23-15-9-8-14(10-22-15)18(19,20)21/h4-10,12H,1-3H3,(H,22,23,25). The van der Waals surface area contributed by atoms with Crippen molar-refractivity contribution in [3.8, 4) is 0 Å². The van der Waals surface area contributed by atoms with Gasteiger partial charge in [0.05, 0.1) is 11.6 Å². The number of anilines is 1. The number of aromatic nitrogens is 1. The van der Waals surface area contributed by atoms with Crippen molar-refractivity contribution >= 4 is 17.6 Å². The number of pyridine rings is 1. The van der Waals surface area contributed by atoms with Crippen LogP contribution in [0.4, 0.5) is 19.0 Å². The maximum Gasteiger partial charge on any atom is 0.417 e. The zero-order valence-corrected chi connectivity index (χ0v) is 14.5. The molecule has 1 unspecified atom stereocenters. The van der Waals surface area contributed by atoms with Gasteiger partial charge in [0.15, 0.2) is 0 Å². The summed E-state index contributed by atoms with van der Waals surface area (Å²) in [6.07, 6.45) is -3.92. The SMILES string of the molecule is Cc1ccc(C(C)N(C)C(=O)C(=O)Nc2ccc(C(F)(F)F)cn2)cc1. The summed E-state index contributed by atoms with van der Waals surface area (Å²) in [7, 11) is 1.48. The third-order valence-corrected chi connectivity index (χ3v) is 3.99. The summed E-state index contributed by atoms with van der Waals surface area (Å²) < 4.78 is 37.5. The molecule has 0 saturated heterocycles. The maximum atomic E-state index is 12.5. The van der Waals surface area contributed by atoms with Crippen LogP contribution in [0.3, 0.4) is 0 Å². The molecule has 0 bridgehead atoms. The fraction of sp³-hybridized carbons (Fsp3) is 0.278. The number of carbonyl (C=O) groups is 2. The maximum absolute atomic E-state index is 12.5. The van der Waals surface area contributed by atoms with Crippen molar-refractivity contribution in [3.63, 3.8) is 0 Å². The third kappa shape index (κ3) is 4.59. The number of alkyl halides is 3. The first-order chi connectivity index (χ1) is 12.1. The van der Waals surface area contributed by atoms with Gasteiger partial charge in [0, 0.05) is 13.2 Å². The van der Waals surface area contributed by atoms with Crippen LogP contribution in [0.15, 0.2) is 42.6 Å². The molecular weight excluding hydrogens is 347 g/mol. The third-order valence-electron chi connectivity index (χ3n) is 3.99. The molecule has 1 aromatic heterocycles. The zero-order chi connectivity index (χ0) is 19.5. The molecule has 1 atom stereocenters. The molecule has 0 aliphatic rings. The summed E-state index contributed by atoms with van der Waals surface area (Å²) >= 11 is 0. The average Bonchev–Trinajstić information content (AvgIpc) is 2.60. The van der Waals surface area contributed by atoms with Crippen LogP contribution < -0.4 is 5.32 Å². The van der Waals surface area contributed by atoms with Crippen LogP contribution in [-0.2, 0) is 15.8 Å². The molecule has 8 heteroatoms. The van der Waals surface area contributed by atoms with Crippen molar-refractivity contribution in [2.75, 3.05) is 12.4 Å². The van der Waals surface area contributed by atoms with Gasteiger partial charge in [-0.3, -0.25) is 9.59 Å². The van der Waals surface area contributed by atoms with E-state index in [9.17, 15) is 22.8 Å². The minimum Gasteiger partial charge on any atom is -0.331 e. The number of hydrogen-bond donors (Lipinski definition) is 1. The summed E-state index contributed by atoms with van der Waals surface area (Å²) in [4.78, 5) is 29.1. The molecule has 0 saturated carbocycles. The molecule has 1 heterocycles. The fourth-order valence-electron chi connectivity index (χ4n) is 2.21. The second kappa shape index (κ2) is 7.55. The molecule has 0 aliphatic carbocycles. The lowest BCUT2D eigenvalue weighted by atomic mass is 10.1. The molecule has 0 aliphatic heterocycles. The Labute approximate surface area is 148 Å². The zero-order valence-electron chi connectivity index (χ0n) is 14.5. The Hall–Kier alpha value is -2.90. The van der Waals surface area contributed by atoms with Gasteiger partial charge in [0.25, 0.3) is 0 Å². The Balaban J connectivity index is 2.04. The minimum absolute atomic E-state index is 0.132. The quantitative estimate of drug-likeness (QED) is 0.846. The number of benzene rings is 1. The molecule has 1 aromatic carbocycles. The highest BCUT2D eigenvalue weighted by Gasteiger charge is 2.31. The second-order valence-electron chi connectivity index (χ2n) is 5.89. The van der Waals surface area contributed by atoms with Gasteiger partial charge in [-0.15, -0.1) is 0 Å². The Morgan fingerprint density at radius 3 is 2.23 bits per heavy atom. The summed E-state index contributed by atoms with van der Waals surface area (Å²) in [5.41, 5.74) is 0.986. The molecule has 0 spiro atoms. The van der Waals surface area contributed by atoms with E-state index < -0.39 is 23.6 Å². The number of likely N-dealkylation sites (N-methyl/N-ethyl adjacent to an activating group) is 1. The van der Waals surface area contributed by atoms with E-state index in [0.29, 0.717) is 6.20 Å². The number of rotatable bonds is 3. The van der Waals surface area contributed by atoms with Crippen LogP contribution in [-0.4, -0.2) is 28.7 Å². The lowest BCUT2D eigenvalue weighted by Crippen LogP contribution is -2.38. The van der Waals surface area contributed by atoms with Crippen LogP contribution in [0.25, 0.3) is 0 Å². The molecule has 138 valence electrons. The van der Waals surface area contributed by atoms with Crippen molar-refractivity contribution in [2.24, 2.45) is 0 Å². The van der Waals surface area contributed by atoms with Gasteiger partial charge >= 0.3 is 18.0 Å². The Kier molecular flexibility index (Phi) is 5.64. The van der Waals surface area contributed by atoms with Crippen molar-refractivity contribution in [3.05, 3.63) is 59.3 Å². The van der Waals surface area contributed by atoms with Gasteiger partial charge in [-0.2, -0.15) is 13.2 Å². The lowest BCUT2D eigenvalue weighted by Gasteiger charge is -2.24. The van der Waals surface area contributed by atoms with E-state index in [4.69, 9.17) is 0 Å². The Morgan fingerprint density at radius 1 is 1.12 bits per heavy atom. The van der Waals surface area contributed by atoms with E-state index in [-0.39, 0.29) is 11.9 Å². The highest BCUT2D eigenvalue weighted by molar-refractivity contribution is 6.39. The van der Waals surface area contributed by atoms with Crippen molar-refractivity contribution in [1.82, 2.24) is 9.88 Å². The molecule has 0 radical (unpaired) electrons.